The van der Waals surface area contributed by atoms with E-state index in [0.717, 1.165) is 19.3 Å². The Morgan fingerprint density at radius 2 is 2.00 bits per heavy atom. The molecule has 0 bridgehead atoms. The van der Waals surface area contributed by atoms with Crippen molar-refractivity contribution in [3.05, 3.63) is 0 Å². The Labute approximate surface area is 73.7 Å². The normalized spacial score (nSPS) is 35.8. The Morgan fingerprint density at radius 3 is 2.58 bits per heavy atom. The van der Waals surface area contributed by atoms with E-state index in [1.54, 1.807) is 6.92 Å². The van der Waals surface area contributed by atoms with Gasteiger partial charge in [0.1, 0.15) is 0 Å². The molecular formula is C8H16O3S. The van der Waals surface area contributed by atoms with E-state index in [1.165, 1.54) is 0 Å². The van der Waals surface area contributed by atoms with Crippen LogP contribution in [0.5, 0.6) is 0 Å². The zero-order valence-corrected chi connectivity index (χ0v) is 8.23. The second-order valence-corrected chi connectivity index (χ2v) is 6.36. The lowest BCUT2D eigenvalue weighted by molar-refractivity contribution is 0.242. The first-order chi connectivity index (χ1) is 5.52. The minimum atomic E-state index is -3.06. The average molecular weight is 192 g/mol. The highest BCUT2D eigenvalue weighted by atomic mass is 32.2. The maximum Gasteiger partial charge on any atom is 0.157 e. The zero-order valence-electron chi connectivity index (χ0n) is 7.41. The highest BCUT2D eigenvalue weighted by Crippen LogP contribution is 2.28. The fraction of sp³-hybridized carbons (Fsp3) is 1.00. The van der Waals surface area contributed by atoms with Crippen molar-refractivity contribution in [3.8, 4) is 0 Å². The number of hydrogen-bond donors (Lipinski definition) is 1. The summed E-state index contributed by atoms with van der Waals surface area (Å²) >= 11 is 0. The maximum absolute atomic E-state index is 11.6. The van der Waals surface area contributed by atoms with E-state index >= 15 is 0 Å². The average Bonchev–Trinajstić information content (AvgIpc) is 2.13. The van der Waals surface area contributed by atoms with Crippen molar-refractivity contribution < 1.29 is 13.5 Å². The molecule has 1 unspecified atom stereocenters. The molecule has 12 heavy (non-hydrogen) atoms. The summed E-state index contributed by atoms with van der Waals surface area (Å²) in [5, 5.41) is 9.03. The van der Waals surface area contributed by atoms with Gasteiger partial charge in [0.25, 0.3) is 0 Å². The summed E-state index contributed by atoms with van der Waals surface area (Å²) in [7, 11) is -3.06. The van der Waals surface area contributed by atoms with Crippen LogP contribution in [0.3, 0.4) is 0 Å². The van der Waals surface area contributed by atoms with Crippen LogP contribution in [0.1, 0.15) is 32.6 Å². The smallest absolute Gasteiger partial charge is 0.157 e. The van der Waals surface area contributed by atoms with E-state index in [0.29, 0.717) is 6.42 Å². The molecule has 1 fully saturated rings. The van der Waals surface area contributed by atoms with Crippen molar-refractivity contribution in [2.75, 3.05) is 12.4 Å². The van der Waals surface area contributed by atoms with Crippen molar-refractivity contribution in [1.82, 2.24) is 0 Å². The minimum Gasteiger partial charge on any atom is -0.395 e. The van der Waals surface area contributed by atoms with Gasteiger partial charge in [-0.05, 0) is 19.8 Å². The summed E-state index contributed by atoms with van der Waals surface area (Å²) in [4.78, 5) is 0. The van der Waals surface area contributed by atoms with Crippen molar-refractivity contribution in [2.24, 2.45) is 0 Å². The van der Waals surface area contributed by atoms with Crippen molar-refractivity contribution in [1.29, 1.82) is 0 Å². The van der Waals surface area contributed by atoms with E-state index in [-0.39, 0.29) is 12.4 Å². The standard InChI is InChI=1S/C8H16O3S/c1-8(7-9)5-3-2-4-6-12(8,10)11/h9H,2-7H2,1H3. The molecule has 0 spiro atoms. The Balaban J connectivity index is 2.94. The molecule has 0 aromatic carbocycles. The Bertz CT molecular complexity index is 245. The first kappa shape index (κ1) is 9.99. The zero-order chi connectivity index (χ0) is 9.24. The monoisotopic (exact) mass is 192 g/mol. The van der Waals surface area contributed by atoms with Crippen LogP contribution in [0.4, 0.5) is 0 Å². The van der Waals surface area contributed by atoms with E-state index in [1.807, 2.05) is 0 Å². The highest BCUT2D eigenvalue weighted by molar-refractivity contribution is 7.92. The second-order valence-electron chi connectivity index (χ2n) is 3.74. The molecule has 1 aliphatic heterocycles. The molecule has 72 valence electrons. The number of rotatable bonds is 1. The Morgan fingerprint density at radius 1 is 1.33 bits per heavy atom. The van der Waals surface area contributed by atoms with Crippen molar-refractivity contribution in [3.63, 3.8) is 0 Å². The summed E-state index contributed by atoms with van der Waals surface area (Å²) < 4.78 is 22.3. The van der Waals surface area contributed by atoms with Crippen molar-refractivity contribution in [2.45, 2.75) is 37.4 Å². The SMILES string of the molecule is CC1(CO)CCCCCS1(=O)=O. The van der Waals surface area contributed by atoms with Gasteiger partial charge in [-0.25, -0.2) is 8.42 Å². The summed E-state index contributed by atoms with van der Waals surface area (Å²) in [6.07, 6.45) is 3.23. The fourth-order valence-corrected chi connectivity index (χ4v) is 3.28. The molecule has 0 aromatic heterocycles. The van der Waals surface area contributed by atoms with Crippen LogP contribution < -0.4 is 0 Å². The lowest BCUT2D eigenvalue weighted by Gasteiger charge is -2.24. The summed E-state index contributed by atoms with van der Waals surface area (Å²) in [6, 6.07) is 0. The van der Waals surface area contributed by atoms with Crippen LogP contribution in [0.2, 0.25) is 0 Å². The van der Waals surface area contributed by atoms with Gasteiger partial charge in [-0.2, -0.15) is 0 Å². The van der Waals surface area contributed by atoms with Gasteiger partial charge in [0.05, 0.1) is 17.1 Å². The van der Waals surface area contributed by atoms with Crippen LogP contribution in [0, 0.1) is 0 Å². The topological polar surface area (TPSA) is 54.4 Å². The fourth-order valence-electron chi connectivity index (χ4n) is 1.55. The molecule has 0 aromatic rings. The van der Waals surface area contributed by atoms with E-state index in [9.17, 15) is 8.42 Å². The van der Waals surface area contributed by atoms with Gasteiger partial charge in [-0.3, -0.25) is 0 Å². The maximum atomic E-state index is 11.6. The van der Waals surface area contributed by atoms with Gasteiger partial charge in [-0.15, -0.1) is 0 Å². The molecule has 0 saturated carbocycles. The molecule has 1 rings (SSSR count). The predicted octanol–water partition coefficient (Wildman–Crippen LogP) is 0.726. The first-order valence-corrected chi connectivity index (χ1v) is 6.00. The van der Waals surface area contributed by atoms with Gasteiger partial charge >= 0.3 is 0 Å². The third kappa shape index (κ3) is 1.64. The second kappa shape index (κ2) is 3.34. The predicted molar refractivity (Wildman–Crippen MR) is 47.7 cm³/mol. The molecule has 1 heterocycles. The first-order valence-electron chi connectivity index (χ1n) is 4.35. The van der Waals surface area contributed by atoms with Crippen molar-refractivity contribution >= 4 is 9.84 Å². The molecule has 3 nitrogen and oxygen atoms in total. The molecule has 0 aliphatic carbocycles. The Kier molecular flexibility index (Phi) is 2.78. The van der Waals surface area contributed by atoms with E-state index in [4.69, 9.17) is 5.11 Å². The van der Waals surface area contributed by atoms with Crippen LogP contribution in [-0.4, -0.2) is 30.6 Å². The van der Waals surface area contributed by atoms with E-state index < -0.39 is 14.6 Å². The third-order valence-corrected chi connectivity index (χ3v) is 5.36. The van der Waals surface area contributed by atoms with Gasteiger partial charge < -0.3 is 5.11 Å². The lowest BCUT2D eigenvalue weighted by Crippen LogP contribution is -2.39. The summed E-state index contributed by atoms with van der Waals surface area (Å²) in [5.74, 6) is 0.240. The van der Waals surface area contributed by atoms with Gasteiger partial charge in [-0.1, -0.05) is 12.8 Å². The number of hydrogen-bond acceptors (Lipinski definition) is 3. The van der Waals surface area contributed by atoms with E-state index in [2.05, 4.69) is 0 Å². The molecule has 1 aliphatic rings. The molecule has 1 N–H and O–H groups in total. The third-order valence-electron chi connectivity index (χ3n) is 2.70. The molecule has 0 radical (unpaired) electrons. The van der Waals surface area contributed by atoms with Crippen LogP contribution in [0.15, 0.2) is 0 Å². The number of aliphatic hydroxyl groups excluding tert-OH is 1. The lowest BCUT2D eigenvalue weighted by atomic mass is 10.0. The molecule has 1 atom stereocenters. The quantitative estimate of drug-likeness (QED) is 0.666. The molecular weight excluding hydrogens is 176 g/mol. The Hall–Kier alpha value is -0.0900. The van der Waals surface area contributed by atoms with Gasteiger partial charge in [0.2, 0.25) is 0 Å². The molecule has 0 amide bonds. The van der Waals surface area contributed by atoms with Gasteiger partial charge in [0.15, 0.2) is 9.84 Å². The van der Waals surface area contributed by atoms with Gasteiger partial charge in [0, 0.05) is 0 Å². The number of aliphatic hydroxyl groups is 1. The molecule has 4 heteroatoms. The van der Waals surface area contributed by atoms with Crippen LogP contribution >= 0.6 is 0 Å². The number of sulfone groups is 1. The summed E-state index contributed by atoms with van der Waals surface area (Å²) in [5.41, 5.74) is 0. The highest BCUT2D eigenvalue weighted by Gasteiger charge is 2.38. The summed E-state index contributed by atoms with van der Waals surface area (Å²) in [6.45, 7) is 1.41. The van der Waals surface area contributed by atoms with Crippen LogP contribution in [-0.2, 0) is 9.84 Å². The largest absolute Gasteiger partial charge is 0.395 e. The van der Waals surface area contributed by atoms with Crippen LogP contribution in [0.25, 0.3) is 0 Å². The molecule has 1 saturated heterocycles. The minimum absolute atomic E-state index is 0.240.